The Morgan fingerprint density at radius 1 is 1.29 bits per heavy atom. The van der Waals surface area contributed by atoms with Gasteiger partial charge in [0.05, 0.1) is 12.9 Å². The summed E-state index contributed by atoms with van der Waals surface area (Å²) in [5.41, 5.74) is 0. The topological polar surface area (TPSA) is 81.7 Å². The molecule has 17 heavy (non-hydrogen) atoms. The highest BCUT2D eigenvalue weighted by molar-refractivity contribution is 7.85. The third-order valence-corrected chi connectivity index (χ3v) is 2.22. The van der Waals surface area contributed by atoms with Crippen LogP contribution in [0.2, 0.25) is 0 Å². The van der Waals surface area contributed by atoms with Crippen LogP contribution in [0.4, 0.5) is 4.79 Å². The van der Waals surface area contributed by atoms with Gasteiger partial charge in [-0.25, -0.2) is 4.79 Å². The molecule has 0 spiro atoms. The third-order valence-electron chi connectivity index (χ3n) is 1.62. The van der Waals surface area contributed by atoms with Crippen molar-refractivity contribution in [3.8, 4) is 5.75 Å². The zero-order valence-electron chi connectivity index (χ0n) is 9.25. The second kappa shape index (κ2) is 6.21. The van der Waals surface area contributed by atoms with E-state index >= 15 is 0 Å². The fourth-order valence-electron chi connectivity index (χ4n) is 0.978. The SMILES string of the molecule is CS(=O)(=O)OCCNC(=O)Oc1ccccc1. The fourth-order valence-corrected chi connectivity index (χ4v) is 1.36. The third kappa shape index (κ3) is 6.54. The molecule has 0 heterocycles. The highest BCUT2D eigenvalue weighted by Crippen LogP contribution is 2.07. The van der Waals surface area contributed by atoms with Gasteiger partial charge in [0.25, 0.3) is 10.1 Å². The molecule has 1 aromatic carbocycles. The van der Waals surface area contributed by atoms with E-state index < -0.39 is 16.2 Å². The van der Waals surface area contributed by atoms with E-state index in [1.54, 1.807) is 30.3 Å². The van der Waals surface area contributed by atoms with Crippen molar-refractivity contribution >= 4 is 16.2 Å². The zero-order valence-corrected chi connectivity index (χ0v) is 10.1. The van der Waals surface area contributed by atoms with Gasteiger partial charge in [0.1, 0.15) is 5.75 Å². The van der Waals surface area contributed by atoms with Gasteiger partial charge < -0.3 is 10.1 Å². The van der Waals surface area contributed by atoms with E-state index in [4.69, 9.17) is 4.74 Å². The van der Waals surface area contributed by atoms with E-state index in [2.05, 4.69) is 9.50 Å². The average molecular weight is 259 g/mol. The van der Waals surface area contributed by atoms with Gasteiger partial charge in [-0.2, -0.15) is 8.42 Å². The van der Waals surface area contributed by atoms with Crippen molar-refractivity contribution in [2.24, 2.45) is 0 Å². The fraction of sp³-hybridized carbons (Fsp3) is 0.300. The molecule has 0 aliphatic carbocycles. The lowest BCUT2D eigenvalue weighted by atomic mass is 10.3. The van der Waals surface area contributed by atoms with Gasteiger partial charge in [-0.05, 0) is 12.1 Å². The van der Waals surface area contributed by atoms with Gasteiger partial charge in [-0.15, -0.1) is 0 Å². The lowest BCUT2D eigenvalue weighted by molar-refractivity contribution is 0.197. The van der Waals surface area contributed by atoms with E-state index in [1.165, 1.54) is 0 Å². The Morgan fingerprint density at radius 2 is 1.94 bits per heavy atom. The number of nitrogens with one attached hydrogen (secondary N) is 1. The summed E-state index contributed by atoms with van der Waals surface area (Å²) in [6, 6.07) is 8.52. The van der Waals surface area contributed by atoms with Crippen LogP contribution in [-0.2, 0) is 14.3 Å². The van der Waals surface area contributed by atoms with Gasteiger partial charge in [0.2, 0.25) is 0 Å². The summed E-state index contributed by atoms with van der Waals surface area (Å²) in [7, 11) is -3.47. The lowest BCUT2D eigenvalue weighted by Gasteiger charge is -2.06. The number of rotatable bonds is 5. The Bertz CT molecular complexity index is 457. The minimum Gasteiger partial charge on any atom is -0.410 e. The van der Waals surface area contributed by atoms with Gasteiger partial charge >= 0.3 is 6.09 Å². The molecule has 1 aromatic rings. The Labute approximate surface area is 99.7 Å². The normalized spacial score (nSPS) is 10.9. The van der Waals surface area contributed by atoms with E-state index in [0.717, 1.165) is 6.26 Å². The predicted octanol–water partition coefficient (Wildman–Crippen LogP) is 0.751. The van der Waals surface area contributed by atoms with Crippen LogP contribution in [0.3, 0.4) is 0 Å². The molecular formula is C10H13NO5S. The largest absolute Gasteiger partial charge is 0.412 e. The Hall–Kier alpha value is -1.60. The van der Waals surface area contributed by atoms with Crippen molar-refractivity contribution in [2.75, 3.05) is 19.4 Å². The highest BCUT2D eigenvalue weighted by atomic mass is 32.2. The van der Waals surface area contributed by atoms with Gasteiger partial charge in [0.15, 0.2) is 0 Å². The van der Waals surface area contributed by atoms with Crippen LogP contribution in [-0.4, -0.2) is 33.9 Å². The van der Waals surface area contributed by atoms with Crippen LogP contribution in [0.25, 0.3) is 0 Å². The molecule has 0 atom stereocenters. The van der Waals surface area contributed by atoms with E-state index in [1.807, 2.05) is 0 Å². The molecule has 0 aliphatic heterocycles. The minimum atomic E-state index is -3.47. The van der Waals surface area contributed by atoms with Gasteiger partial charge in [-0.3, -0.25) is 4.18 Å². The van der Waals surface area contributed by atoms with Gasteiger partial charge in [-0.1, -0.05) is 18.2 Å². The summed E-state index contributed by atoms with van der Waals surface area (Å²) in [4.78, 5) is 11.2. The van der Waals surface area contributed by atoms with Crippen molar-refractivity contribution in [2.45, 2.75) is 0 Å². The summed E-state index contributed by atoms with van der Waals surface area (Å²) in [5.74, 6) is 0.411. The van der Waals surface area contributed by atoms with Crippen LogP contribution in [0.1, 0.15) is 0 Å². The van der Waals surface area contributed by atoms with E-state index in [-0.39, 0.29) is 13.2 Å². The van der Waals surface area contributed by atoms with Crippen LogP contribution in [0, 0.1) is 0 Å². The maximum absolute atomic E-state index is 11.2. The Morgan fingerprint density at radius 3 is 2.53 bits per heavy atom. The molecule has 94 valence electrons. The number of para-hydroxylation sites is 1. The summed E-state index contributed by atoms with van der Waals surface area (Å²) < 4.78 is 30.5. The first-order chi connectivity index (χ1) is 7.97. The number of ether oxygens (including phenoxy) is 1. The molecule has 0 aliphatic rings. The molecule has 0 aromatic heterocycles. The summed E-state index contributed by atoms with van der Waals surface area (Å²) in [5, 5.41) is 2.35. The standard InChI is InChI=1S/C10H13NO5S/c1-17(13,14)15-8-7-11-10(12)16-9-5-3-2-4-6-9/h2-6H,7-8H2,1H3,(H,11,12). The summed E-state index contributed by atoms with van der Waals surface area (Å²) in [6.07, 6.45) is 0.281. The first-order valence-corrected chi connectivity index (χ1v) is 6.64. The van der Waals surface area contributed by atoms with Crippen LogP contribution in [0.15, 0.2) is 30.3 Å². The van der Waals surface area contributed by atoms with Crippen molar-refractivity contribution in [1.82, 2.24) is 5.32 Å². The Balaban J connectivity index is 2.23. The predicted molar refractivity (Wildman–Crippen MR) is 61.3 cm³/mol. The monoisotopic (exact) mass is 259 g/mol. The van der Waals surface area contributed by atoms with Gasteiger partial charge in [0, 0.05) is 6.54 Å². The summed E-state index contributed by atoms with van der Waals surface area (Å²) >= 11 is 0. The molecule has 0 saturated carbocycles. The molecule has 1 rings (SSSR count). The van der Waals surface area contributed by atoms with Crippen molar-refractivity contribution < 1.29 is 22.1 Å². The van der Waals surface area contributed by atoms with E-state index in [0.29, 0.717) is 5.75 Å². The number of amides is 1. The number of hydrogen-bond acceptors (Lipinski definition) is 5. The average Bonchev–Trinajstić information content (AvgIpc) is 2.25. The van der Waals surface area contributed by atoms with Crippen LogP contribution >= 0.6 is 0 Å². The Kier molecular flexibility index (Phi) is 4.92. The molecule has 0 bridgehead atoms. The summed E-state index contributed by atoms with van der Waals surface area (Å²) in [6.45, 7) is -0.0680. The molecule has 0 unspecified atom stereocenters. The second-order valence-electron chi connectivity index (χ2n) is 3.16. The molecule has 0 fully saturated rings. The minimum absolute atomic E-state index is 0.0543. The molecular weight excluding hydrogens is 246 g/mol. The number of hydrogen-bond donors (Lipinski definition) is 1. The maximum Gasteiger partial charge on any atom is 0.412 e. The quantitative estimate of drug-likeness (QED) is 0.623. The van der Waals surface area contributed by atoms with Crippen molar-refractivity contribution in [3.05, 3.63) is 30.3 Å². The number of carbonyl (C=O) groups excluding carboxylic acids is 1. The first kappa shape index (κ1) is 13.5. The van der Waals surface area contributed by atoms with Crippen molar-refractivity contribution in [1.29, 1.82) is 0 Å². The smallest absolute Gasteiger partial charge is 0.410 e. The van der Waals surface area contributed by atoms with Crippen molar-refractivity contribution in [3.63, 3.8) is 0 Å². The second-order valence-corrected chi connectivity index (χ2v) is 4.80. The van der Waals surface area contributed by atoms with Crippen LogP contribution < -0.4 is 10.1 Å². The molecule has 0 saturated heterocycles. The maximum atomic E-state index is 11.2. The molecule has 6 nitrogen and oxygen atoms in total. The zero-order chi connectivity index (χ0) is 12.7. The number of carbonyl (C=O) groups is 1. The highest BCUT2D eigenvalue weighted by Gasteiger charge is 2.04. The first-order valence-electron chi connectivity index (χ1n) is 4.82. The number of benzene rings is 1. The molecule has 0 radical (unpaired) electrons. The lowest BCUT2D eigenvalue weighted by Crippen LogP contribution is -2.30. The molecule has 7 heteroatoms. The molecule has 1 amide bonds. The molecule has 1 N–H and O–H groups in total. The van der Waals surface area contributed by atoms with Crippen LogP contribution in [0.5, 0.6) is 5.75 Å². The van der Waals surface area contributed by atoms with E-state index in [9.17, 15) is 13.2 Å².